The Morgan fingerprint density at radius 2 is 2.40 bits per heavy atom. The quantitative estimate of drug-likeness (QED) is 0.550. The number of carboxylic acid groups (broad SMARTS) is 1. The number of imidazole rings is 1. The van der Waals surface area contributed by atoms with Crippen LogP contribution in [0.1, 0.15) is 10.5 Å². The summed E-state index contributed by atoms with van der Waals surface area (Å²) in [5.74, 6) is -1.13. The minimum atomic E-state index is -1.13. The van der Waals surface area contributed by atoms with Gasteiger partial charge in [-0.1, -0.05) is 0 Å². The highest BCUT2D eigenvalue weighted by Gasteiger charge is 2.05. The van der Waals surface area contributed by atoms with Crippen LogP contribution in [0.15, 0.2) is 11.0 Å². The van der Waals surface area contributed by atoms with Gasteiger partial charge in [0.2, 0.25) is 0 Å². The highest BCUT2D eigenvalue weighted by molar-refractivity contribution is 5.84. The summed E-state index contributed by atoms with van der Waals surface area (Å²) in [5, 5.41) is 8.34. The van der Waals surface area contributed by atoms with Crippen molar-refractivity contribution < 1.29 is 9.90 Å². The second kappa shape index (κ2) is 2.02. The summed E-state index contributed by atoms with van der Waals surface area (Å²) < 4.78 is 1.17. The Kier molecular flexibility index (Phi) is 1.33. The number of carboxylic acids is 1. The molecule has 0 aliphatic carbocycles. The Labute approximate surface area is 55.9 Å². The highest BCUT2D eigenvalue weighted by atomic mass is 16.4. The molecule has 1 aromatic heterocycles. The van der Waals surface area contributed by atoms with Crippen molar-refractivity contribution in [2.24, 2.45) is 7.05 Å². The van der Waals surface area contributed by atoms with Gasteiger partial charge in [0.15, 0.2) is 0 Å². The van der Waals surface area contributed by atoms with Crippen molar-refractivity contribution in [1.82, 2.24) is 9.55 Å². The van der Waals surface area contributed by atoms with Gasteiger partial charge in [0.1, 0.15) is 5.69 Å². The number of aryl methyl sites for hydroxylation is 1. The average molecular weight is 142 g/mol. The monoisotopic (exact) mass is 142 g/mol. The summed E-state index contributed by atoms with van der Waals surface area (Å²) in [5.41, 5.74) is -0.509. The molecular weight excluding hydrogens is 136 g/mol. The van der Waals surface area contributed by atoms with Crippen molar-refractivity contribution in [2.75, 3.05) is 0 Å². The molecule has 1 heterocycles. The van der Waals surface area contributed by atoms with Gasteiger partial charge in [0.05, 0.1) is 0 Å². The molecule has 0 aliphatic rings. The number of hydrogen-bond acceptors (Lipinski definition) is 2. The molecule has 0 atom stereocenters. The molecule has 54 valence electrons. The maximum Gasteiger partial charge on any atom is 0.353 e. The molecule has 0 bridgehead atoms. The molecule has 0 fully saturated rings. The van der Waals surface area contributed by atoms with Gasteiger partial charge in [0.25, 0.3) is 0 Å². The summed E-state index contributed by atoms with van der Waals surface area (Å²) in [4.78, 5) is 22.9. The normalized spacial score (nSPS) is 9.70. The Balaban J connectivity index is 3.23. The molecule has 10 heavy (non-hydrogen) atoms. The minimum absolute atomic E-state index is 0.0903. The molecule has 0 aromatic carbocycles. The SMILES string of the molecule is Cn1cc(C(=O)O)[nH]c1=O. The number of aromatic nitrogens is 2. The lowest BCUT2D eigenvalue weighted by molar-refractivity contribution is 0.0691. The van der Waals surface area contributed by atoms with Gasteiger partial charge in [-0.3, -0.25) is 0 Å². The predicted octanol–water partition coefficient (Wildman–Crippen LogP) is -0.588. The molecule has 1 rings (SSSR count). The summed E-state index contributed by atoms with van der Waals surface area (Å²) in [6.45, 7) is 0. The lowest BCUT2D eigenvalue weighted by atomic mass is 10.5. The summed E-state index contributed by atoms with van der Waals surface area (Å²) in [7, 11) is 1.48. The van der Waals surface area contributed by atoms with Crippen LogP contribution in [-0.4, -0.2) is 20.6 Å². The van der Waals surface area contributed by atoms with Crippen molar-refractivity contribution in [3.8, 4) is 0 Å². The molecular formula is C5H6N2O3. The first-order chi connectivity index (χ1) is 4.61. The Hall–Kier alpha value is -1.52. The number of hydrogen-bond donors (Lipinski definition) is 2. The first-order valence-corrected chi connectivity index (χ1v) is 2.60. The van der Waals surface area contributed by atoms with Crippen molar-refractivity contribution >= 4 is 5.97 Å². The molecule has 0 saturated carbocycles. The molecule has 1 aromatic rings. The van der Waals surface area contributed by atoms with Crippen LogP contribution in [0.2, 0.25) is 0 Å². The molecule has 0 aliphatic heterocycles. The van der Waals surface area contributed by atoms with Crippen molar-refractivity contribution in [1.29, 1.82) is 0 Å². The van der Waals surface area contributed by atoms with Gasteiger partial charge in [-0.25, -0.2) is 9.59 Å². The minimum Gasteiger partial charge on any atom is -0.477 e. The molecule has 0 radical (unpaired) electrons. The van der Waals surface area contributed by atoms with Gasteiger partial charge in [0, 0.05) is 13.2 Å². The molecule has 5 heteroatoms. The second-order valence-corrected chi connectivity index (χ2v) is 1.89. The number of nitrogens with one attached hydrogen (secondary N) is 1. The number of nitrogens with zero attached hydrogens (tertiary/aromatic N) is 1. The van der Waals surface area contributed by atoms with Crippen molar-refractivity contribution in [3.63, 3.8) is 0 Å². The Morgan fingerprint density at radius 3 is 2.60 bits per heavy atom. The van der Waals surface area contributed by atoms with E-state index >= 15 is 0 Å². The van der Waals surface area contributed by atoms with Crippen LogP contribution in [0.5, 0.6) is 0 Å². The van der Waals surface area contributed by atoms with E-state index in [1.807, 2.05) is 0 Å². The molecule has 0 amide bonds. The highest BCUT2D eigenvalue weighted by Crippen LogP contribution is 1.87. The molecule has 5 nitrogen and oxygen atoms in total. The Bertz CT molecular complexity index is 309. The van der Waals surface area contributed by atoms with E-state index in [1.165, 1.54) is 17.8 Å². The number of H-pyrrole nitrogens is 1. The zero-order valence-corrected chi connectivity index (χ0v) is 5.29. The first-order valence-electron chi connectivity index (χ1n) is 2.60. The first kappa shape index (κ1) is 6.60. The topological polar surface area (TPSA) is 75.1 Å². The van der Waals surface area contributed by atoms with E-state index in [0.717, 1.165) is 0 Å². The maximum atomic E-state index is 10.6. The van der Waals surface area contributed by atoms with Crippen LogP contribution in [0.4, 0.5) is 0 Å². The largest absolute Gasteiger partial charge is 0.477 e. The molecule has 2 N–H and O–H groups in total. The lowest BCUT2D eigenvalue weighted by Gasteiger charge is -1.81. The summed E-state index contributed by atoms with van der Waals surface area (Å²) in [6.07, 6.45) is 1.23. The van der Waals surface area contributed by atoms with E-state index in [0.29, 0.717) is 0 Å². The predicted molar refractivity (Wildman–Crippen MR) is 33.0 cm³/mol. The fraction of sp³-hybridized carbons (Fsp3) is 0.200. The number of aromatic amines is 1. The van der Waals surface area contributed by atoms with Gasteiger partial charge in [-0.2, -0.15) is 0 Å². The third-order valence-electron chi connectivity index (χ3n) is 1.12. The van der Waals surface area contributed by atoms with E-state index < -0.39 is 11.7 Å². The van der Waals surface area contributed by atoms with Gasteiger partial charge < -0.3 is 14.7 Å². The summed E-state index contributed by atoms with van der Waals surface area (Å²) in [6, 6.07) is 0. The Morgan fingerprint density at radius 1 is 1.80 bits per heavy atom. The van der Waals surface area contributed by atoms with Crippen LogP contribution in [0, 0.1) is 0 Å². The van der Waals surface area contributed by atoms with Gasteiger partial charge in [-0.15, -0.1) is 0 Å². The van der Waals surface area contributed by atoms with E-state index in [4.69, 9.17) is 5.11 Å². The number of aromatic carboxylic acids is 1. The van der Waals surface area contributed by atoms with Gasteiger partial charge >= 0.3 is 11.7 Å². The standard InChI is InChI=1S/C5H6N2O3/c1-7-2-3(4(8)9)6-5(7)10/h2H,1H3,(H,6,10)(H,8,9). The fourth-order valence-electron chi connectivity index (χ4n) is 0.597. The third-order valence-corrected chi connectivity index (χ3v) is 1.12. The zero-order valence-electron chi connectivity index (χ0n) is 5.29. The maximum absolute atomic E-state index is 10.6. The van der Waals surface area contributed by atoms with Crippen molar-refractivity contribution in [3.05, 3.63) is 22.4 Å². The van der Waals surface area contributed by atoms with E-state index in [2.05, 4.69) is 4.98 Å². The van der Waals surface area contributed by atoms with E-state index in [-0.39, 0.29) is 5.69 Å². The fourth-order valence-corrected chi connectivity index (χ4v) is 0.597. The van der Waals surface area contributed by atoms with Crippen LogP contribution in [0.3, 0.4) is 0 Å². The molecule has 0 saturated heterocycles. The van der Waals surface area contributed by atoms with Crippen LogP contribution in [-0.2, 0) is 7.05 Å². The van der Waals surface area contributed by atoms with Crippen LogP contribution < -0.4 is 5.69 Å². The number of rotatable bonds is 1. The second-order valence-electron chi connectivity index (χ2n) is 1.89. The molecule has 0 unspecified atom stereocenters. The van der Waals surface area contributed by atoms with Crippen LogP contribution in [0.25, 0.3) is 0 Å². The van der Waals surface area contributed by atoms with Crippen LogP contribution >= 0.6 is 0 Å². The van der Waals surface area contributed by atoms with E-state index in [1.54, 1.807) is 0 Å². The lowest BCUT2D eigenvalue weighted by Crippen LogP contribution is -2.11. The molecule has 0 spiro atoms. The van der Waals surface area contributed by atoms with E-state index in [9.17, 15) is 9.59 Å². The number of carbonyl (C=O) groups is 1. The third kappa shape index (κ3) is 0.928. The van der Waals surface area contributed by atoms with Gasteiger partial charge in [-0.05, 0) is 0 Å². The van der Waals surface area contributed by atoms with Crippen molar-refractivity contribution in [2.45, 2.75) is 0 Å². The zero-order chi connectivity index (χ0) is 7.72. The average Bonchev–Trinajstić information content (AvgIpc) is 2.13. The summed E-state index contributed by atoms with van der Waals surface area (Å²) >= 11 is 0. The smallest absolute Gasteiger partial charge is 0.353 e.